The van der Waals surface area contributed by atoms with Crippen LogP contribution in [-0.2, 0) is 6.54 Å². The van der Waals surface area contributed by atoms with Crippen LogP contribution in [0, 0.1) is 18.6 Å². The lowest BCUT2D eigenvalue weighted by Crippen LogP contribution is -2.01. The summed E-state index contributed by atoms with van der Waals surface area (Å²) in [6.45, 7) is 4.13. The molecule has 0 spiro atoms. The van der Waals surface area contributed by atoms with Crippen LogP contribution in [0.15, 0.2) is 18.2 Å². The zero-order valence-corrected chi connectivity index (χ0v) is 10.1. The minimum absolute atomic E-state index is 0.0855. The fourth-order valence-corrected chi connectivity index (χ4v) is 1.56. The van der Waals surface area contributed by atoms with Gasteiger partial charge in [0.25, 0.3) is 0 Å². The highest BCUT2D eigenvalue weighted by molar-refractivity contribution is 5.54. The fraction of sp³-hybridized carbons (Fsp3) is 0.250. The smallest absolute Gasteiger partial charge is 0.241 e. The van der Waals surface area contributed by atoms with Crippen molar-refractivity contribution in [3.05, 3.63) is 35.5 Å². The maximum atomic E-state index is 13.5. The second-order valence-corrected chi connectivity index (χ2v) is 3.80. The lowest BCUT2D eigenvalue weighted by atomic mass is 10.3. The minimum Gasteiger partial charge on any atom is -0.434 e. The van der Waals surface area contributed by atoms with E-state index in [0.29, 0.717) is 17.9 Å². The van der Waals surface area contributed by atoms with E-state index in [1.54, 1.807) is 6.92 Å². The minimum atomic E-state index is -0.782. The molecule has 0 amide bonds. The first kappa shape index (κ1) is 12.3. The summed E-state index contributed by atoms with van der Waals surface area (Å²) in [5.74, 6) is -1.26. The van der Waals surface area contributed by atoms with Crippen molar-refractivity contribution in [2.24, 2.45) is 0 Å². The molecule has 18 heavy (non-hydrogen) atoms. The second-order valence-electron chi connectivity index (χ2n) is 3.80. The van der Waals surface area contributed by atoms with Crippen LogP contribution in [0.2, 0.25) is 0 Å². The number of aryl methyl sites for hydroxylation is 2. The van der Waals surface area contributed by atoms with Crippen LogP contribution in [0.5, 0.6) is 11.6 Å². The number of nitrogens with zero attached hydrogens (tertiary/aromatic N) is 2. The van der Waals surface area contributed by atoms with Gasteiger partial charge < -0.3 is 10.5 Å². The maximum absolute atomic E-state index is 13.5. The summed E-state index contributed by atoms with van der Waals surface area (Å²) in [6.07, 6.45) is 0. The Morgan fingerprint density at radius 2 is 2.11 bits per heavy atom. The lowest BCUT2D eigenvalue weighted by Gasteiger charge is -2.08. The molecule has 0 aliphatic heterocycles. The van der Waals surface area contributed by atoms with E-state index in [2.05, 4.69) is 5.10 Å². The van der Waals surface area contributed by atoms with Crippen molar-refractivity contribution in [1.82, 2.24) is 9.78 Å². The zero-order valence-electron chi connectivity index (χ0n) is 10.1. The molecule has 6 heteroatoms. The van der Waals surface area contributed by atoms with Gasteiger partial charge in [-0.1, -0.05) is 0 Å². The van der Waals surface area contributed by atoms with Crippen LogP contribution in [-0.4, -0.2) is 9.78 Å². The monoisotopic (exact) mass is 253 g/mol. The van der Waals surface area contributed by atoms with Crippen molar-refractivity contribution in [2.45, 2.75) is 20.4 Å². The van der Waals surface area contributed by atoms with Gasteiger partial charge >= 0.3 is 0 Å². The molecular formula is C12H13F2N3O. The highest BCUT2D eigenvalue weighted by atomic mass is 19.1. The molecule has 1 aromatic carbocycles. The largest absolute Gasteiger partial charge is 0.434 e. The fourth-order valence-electron chi connectivity index (χ4n) is 1.56. The first-order chi connectivity index (χ1) is 8.52. The first-order valence-electron chi connectivity index (χ1n) is 5.48. The molecule has 96 valence electrons. The zero-order chi connectivity index (χ0) is 13.3. The third-order valence-corrected chi connectivity index (χ3v) is 2.53. The Morgan fingerprint density at radius 1 is 1.39 bits per heavy atom. The number of anilines is 1. The number of nitrogens with two attached hydrogens (primary N) is 1. The number of hydrogen-bond acceptors (Lipinski definition) is 3. The van der Waals surface area contributed by atoms with Crippen LogP contribution >= 0.6 is 0 Å². The normalized spacial score (nSPS) is 10.7. The molecule has 0 saturated carbocycles. The molecule has 4 nitrogen and oxygen atoms in total. The summed E-state index contributed by atoms with van der Waals surface area (Å²) in [5, 5.41) is 4.14. The number of hydrogen-bond donors (Lipinski definition) is 1. The Hall–Kier alpha value is -2.11. The summed E-state index contributed by atoms with van der Waals surface area (Å²) in [6, 6.07) is 3.09. The van der Waals surface area contributed by atoms with Gasteiger partial charge in [0.2, 0.25) is 5.88 Å². The van der Waals surface area contributed by atoms with Gasteiger partial charge in [0, 0.05) is 12.6 Å². The van der Waals surface area contributed by atoms with Gasteiger partial charge in [0.15, 0.2) is 11.6 Å². The van der Waals surface area contributed by atoms with Crippen molar-refractivity contribution in [2.75, 3.05) is 5.73 Å². The highest BCUT2D eigenvalue weighted by Crippen LogP contribution is 2.31. The SMILES string of the molecule is CCn1nc(C)c(N)c1Oc1ccc(F)cc1F. The Balaban J connectivity index is 2.39. The van der Waals surface area contributed by atoms with E-state index in [1.807, 2.05) is 6.92 Å². The van der Waals surface area contributed by atoms with E-state index >= 15 is 0 Å². The summed E-state index contributed by atoms with van der Waals surface area (Å²) >= 11 is 0. The Kier molecular flexibility index (Phi) is 3.18. The van der Waals surface area contributed by atoms with Crippen LogP contribution in [0.4, 0.5) is 14.5 Å². The number of halogens is 2. The molecule has 0 aliphatic rings. The van der Waals surface area contributed by atoms with Crippen LogP contribution in [0.25, 0.3) is 0 Å². The molecule has 2 aromatic rings. The molecule has 0 radical (unpaired) electrons. The molecule has 0 atom stereocenters. The van der Waals surface area contributed by atoms with E-state index in [1.165, 1.54) is 10.7 Å². The van der Waals surface area contributed by atoms with Gasteiger partial charge in [-0.2, -0.15) is 5.10 Å². The van der Waals surface area contributed by atoms with E-state index in [4.69, 9.17) is 10.5 Å². The van der Waals surface area contributed by atoms with Crippen molar-refractivity contribution < 1.29 is 13.5 Å². The van der Waals surface area contributed by atoms with Crippen molar-refractivity contribution in [3.63, 3.8) is 0 Å². The van der Waals surface area contributed by atoms with Gasteiger partial charge in [-0.15, -0.1) is 0 Å². The quantitative estimate of drug-likeness (QED) is 0.915. The molecule has 0 aliphatic carbocycles. The summed E-state index contributed by atoms with van der Waals surface area (Å²) in [5.41, 5.74) is 6.76. The number of ether oxygens (including phenoxy) is 1. The van der Waals surface area contributed by atoms with Crippen molar-refractivity contribution >= 4 is 5.69 Å². The molecule has 2 rings (SSSR count). The van der Waals surface area contributed by atoms with Crippen molar-refractivity contribution in [3.8, 4) is 11.6 Å². The van der Waals surface area contributed by atoms with Gasteiger partial charge in [-0.3, -0.25) is 0 Å². The molecule has 0 unspecified atom stereocenters. The first-order valence-corrected chi connectivity index (χ1v) is 5.48. The molecule has 0 fully saturated rings. The summed E-state index contributed by atoms with van der Waals surface area (Å²) in [7, 11) is 0. The Labute approximate surface area is 103 Å². The molecule has 2 N–H and O–H groups in total. The van der Waals surface area contributed by atoms with Crippen LogP contribution < -0.4 is 10.5 Å². The average molecular weight is 253 g/mol. The standard InChI is InChI=1S/C12H13F2N3O/c1-3-17-12(11(15)7(2)16-17)18-10-5-4-8(13)6-9(10)14/h4-6H,3,15H2,1-2H3. The molecule has 0 bridgehead atoms. The highest BCUT2D eigenvalue weighted by Gasteiger charge is 2.15. The van der Waals surface area contributed by atoms with Gasteiger partial charge in [-0.05, 0) is 26.0 Å². The molecular weight excluding hydrogens is 240 g/mol. The van der Waals surface area contributed by atoms with Crippen LogP contribution in [0.1, 0.15) is 12.6 Å². The van der Waals surface area contributed by atoms with E-state index in [0.717, 1.165) is 12.1 Å². The van der Waals surface area contributed by atoms with E-state index in [9.17, 15) is 8.78 Å². The molecule has 1 aromatic heterocycles. The Morgan fingerprint density at radius 3 is 2.72 bits per heavy atom. The van der Waals surface area contributed by atoms with Gasteiger partial charge in [0.05, 0.1) is 5.69 Å². The summed E-state index contributed by atoms with van der Waals surface area (Å²) in [4.78, 5) is 0. The molecule has 1 heterocycles. The Bertz CT molecular complexity index is 581. The predicted molar refractivity (Wildman–Crippen MR) is 63.5 cm³/mol. The van der Waals surface area contributed by atoms with Crippen molar-refractivity contribution in [1.29, 1.82) is 0 Å². The predicted octanol–water partition coefficient (Wildman–Crippen LogP) is 2.86. The third-order valence-electron chi connectivity index (χ3n) is 2.53. The third kappa shape index (κ3) is 2.13. The number of rotatable bonds is 3. The lowest BCUT2D eigenvalue weighted by molar-refractivity contribution is 0.392. The van der Waals surface area contributed by atoms with Gasteiger partial charge in [0.1, 0.15) is 11.5 Å². The second kappa shape index (κ2) is 4.64. The number of nitrogen functional groups attached to an aromatic ring is 1. The number of aromatic nitrogens is 2. The topological polar surface area (TPSA) is 53.1 Å². The maximum Gasteiger partial charge on any atom is 0.241 e. The molecule has 0 saturated heterocycles. The van der Waals surface area contributed by atoms with E-state index in [-0.39, 0.29) is 11.6 Å². The summed E-state index contributed by atoms with van der Waals surface area (Å²) < 4.78 is 33.1. The van der Waals surface area contributed by atoms with Crippen LogP contribution in [0.3, 0.4) is 0 Å². The number of benzene rings is 1. The van der Waals surface area contributed by atoms with Gasteiger partial charge in [-0.25, -0.2) is 13.5 Å². The van der Waals surface area contributed by atoms with E-state index < -0.39 is 11.6 Å². The average Bonchev–Trinajstić information content (AvgIpc) is 2.60.